The molecule has 0 saturated carbocycles. The number of benzene rings is 1. The summed E-state index contributed by atoms with van der Waals surface area (Å²) in [5, 5.41) is 0.558. The minimum Gasteiger partial charge on any atom is -0.486 e. The Morgan fingerprint density at radius 2 is 2.16 bits per heavy atom. The fraction of sp³-hybridized carbons (Fsp3) is 0.400. The van der Waals surface area contributed by atoms with Gasteiger partial charge in [-0.25, -0.2) is 0 Å². The average molecular weight is 357 g/mol. The van der Waals surface area contributed by atoms with Crippen LogP contribution in [0.4, 0.5) is 0 Å². The number of nitrogens with zero attached hydrogens (tertiary/aromatic N) is 2. The van der Waals surface area contributed by atoms with Gasteiger partial charge in [-0.1, -0.05) is 17.7 Å². The number of hydrogen-bond donors (Lipinski definition) is 0. The zero-order chi connectivity index (χ0) is 17.7. The van der Waals surface area contributed by atoms with Crippen molar-refractivity contribution in [2.45, 2.75) is 45.8 Å². The summed E-state index contributed by atoms with van der Waals surface area (Å²) in [7, 11) is 0. The van der Waals surface area contributed by atoms with E-state index >= 15 is 0 Å². The summed E-state index contributed by atoms with van der Waals surface area (Å²) in [6.45, 7) is 6.66. The highest BCUT2D eigenvalue weighted by Gasteiger charge is 2.40. The van der Waals surface area contributed by atoms with Gasteiger partial charge in [-0.15, -0.1) is 0 Å². The Kier molecular flexibility index (Phi) is 3.95. The number of carbonyl (C=O) groups is 1. The first kappa shape index (κ1) is 16.4. The van der Waals surface area contributed by atoms with Crippen LogP contribution in [0.2, 0.25) is 5.02 Å². The van der Waals surface area contributed by atoms with E-state index in [-0.39, 0.29) is 18.1 Å². The number of carbonyl (C=O) groups excluding carboxylic acids is 1. The first-order valence-electron chi connectivity index (χ1n) is 8.65. The van der Waals surface area contributed by atoms with E-state index in [0.717, 1.165) is 28.8 Å². The third-order valence-corrected chi connectivity index (χ3v) is 5.71. The van der Waals surface area contributed by atoms with Gasteiger partial charge >= 0.3 is 0 Å². The molecule has 25 heavy (non-hydrogen) atoms. The van der Waals surface area contributed by atoms with Crippen molar-refractivity contribution in [2.75, 3.05) is 6.54 Å². The Morgan fingerprint density at radius 1 is 1.36 bits per heavy atom. The molecule has 4 nitrogen and oxygen atoms in total. The molecule has 1 saturated heterocycles. The molecular weight excluding hydrogens is 336 g/mol. The van der Waals surface area contributed by atoms with Crippen LogP contribution in [0.3, 0.4) is 0 Å². The number of halogens is 1. The minimum absolute atomic E-state index is 0.0210. The third kappa shape index (κ3) is 2.78. The number of ether oxygens (including phenoxy) is 1. The van der Waals surface area contributed by atoms with Gasteiger partial charge in [-0.05, 0) is 56.0 Å². The van der Waals surface area contributed by atoms with E-state index < -0.39 is 0 Å². The second kappa shape index (κ2) is 6.03. The maximum Gasteiger partial charge on any atom is 0.258 e. The molecule has 1 aromatic heterocycles. The molecule has 4 rings (SSSR count). The van der Waals surface area contributed by atoms with E-state index in [4.69, 9.17) is 16.3 Å². The van der Waals surface area contributed by atoms with Crippen molar-refractivity contribution in [3.8, 4) is 5.75 Å². The molecule has 130 valence electrons. The number of pyridine rings is 1. The fourth-order valence-corrected chi connectivity index (χ4v) is 4.00. The van der Waals surface area contributed by atoms with Gasteiger partial charge in [0.05, 0.1) is 17.1 Å². The molecule has 0 spiro atoms. The largest absolute Gasteiger partial charge is 0.486 e. The summed E-state index contributed by atoms with van der Waals surface area (Å²) in [6.07, 6.45) is 3.46. The van der Waals surface area contributed by atoms with Crippen LogP contribution in [-0.4, -0.2) is 34.5 Å². The maximum absolute atomic E-state index is 13.0. The lowest BCUT2D eigenvalue weighted by Crippen LogP contribution is -2.33. The van der Waals surface area contributed by atoms with E-state index in [1.165, 1.54) is 0 Å². The van der Waals surface area contributed by atoms with Crippen LogP contribution in [0.15, 0.2) is 24.4 Å². The predicted octanol–water partition coefficient (Wildman–Crippen LogP) is 3.94. The van der Waals surface area contributed by atoms with E-state index in [0.29, 0.717) is 29.3 Å². The fourth-order valence-electron chi connectivity index (χ4n) is 3.73. The molecule has 1 fully saturated rings. The van der Waals surface area contributed by atoms with Gasteiger partial charge < -0.3 is 9.64 Å². The zero-order valence-corrected chi connectivity index (χ0v) is 15.4. The molecule has 2 bridgehead atoms. The lowest BCUT2D eigenvalue weighted by Gasteiger charge is -2.23. The van der Waals surface area contributed by atoms with Gasteiger partial charge in [-0.3, -0.25) is 9.78 Å². The van der Waals surface area contributed by atoms with Crippen LogP contribution in [0.25, 0.3) is 0 Å². The lowest BCUT2D eigenvalue weighted by molar-refractivity contribution is 0.0748. The third-order valence-electron chi connectivity index (χ3n) is 5.25. The molecule has 2 atom stereocenters. The van der Waals surface area contributed by atoms with Crippen LogP contribution in [0.1, 0.15) is 46.1 Å². The predicted molar refractivity (Wildman–Crippen MR) is 97.5 cm³/mol. The standard InChI is InChI=1S/C20H21ClN2O2/c1-11-4-5-14(9-22-11)7-15-8-17-19(18(21)13(15)3)25-16-6-12(2)23(10-16)20(17)24/h4-5,8-9,12,16H,6-7,10H2,1-3H3/t12-,16+/m0/s1. The highest BCUT2D eigenvalue weighted by Crippen LogP contribution is 2.40. The SMILES string of the molecule is Cc1ccc(Cc2cc3c(c(Cl)c2C)O[C@@H]2C[C@H](C)N(C2)C3=O)cn1. The first-order chi connectivity index (χ1) is 11.9. The molecule has 2 aliphatic rings. The quantitative estimate of drug-likeness (QED) is 0.818. The molecule has 0 unspecified atom stereocenters. The molecule has 1 aromatic carbocycles. The number of amides is 1. The molecule has 0 radical (unpaired) electrons. The van der Waals surface area contributed by atoms with Crippen LogP contribution < -0.4 is 4.74 Å². The van der Waals surface area contributed by atoms with Gasteiger partial charge in [0, 0.05) is 24.4 Å². The number of aromatic nitrogens is 1. The minimum atomic E-state index is 0.0210. The second-order valence-corrected chi connectivity index (χ2v) is 7.50. The molecule has 2 aromatic rings. The summed E-state index contributed by atoms with van der Waals surface area (Å²) >= 11 is 6.61. The monoisotopic (exact) mass is 356 g/mol. The van der Waals surface area contributed by atoms with Gasteiger partial charge in [0.1, 0.15) is 6.10 Å². The van der Waals surface area contributed by atoms with Gasteiger partial charge in [0.25, 0.3) is 5.91 Å². The van der Waals surface area contributed by atoms with Gasteiger partial charge in [0.2, 0.25) is 0 Å². The number of aryl methyl sites for hydroxylation is 1. The molecule has 3 heterocycles. The number of fused-ring (bicyclic) bond motifs is 3. The Morgan fingerprint density at radius 3 is 2.88 bits per heavy atom. The highest BCUT2D eigenvalue weighted by molar-refractivity contribution is 6.33. The van der Waals surface area contributed by atoms with Crippen LogP contribution in [0, 0.1) is 13.8 Å². The summed E-state index contributed by atoms with van der Waals surface area (Å²) in [6, 6.07) is 6.21. The average Bonchev–Trinajstić information content (AvgIpc) is 2.89. The van der Waals surface area contributed by atoms with Crippen molar-refractivity contribution < 1.29 is 9.53 Å². The van der Waals surface area contributed by atoms with E-state index in [1.807, 2.05) is 37.1 Å². The summed E-state index contributed by atoms with van der Waals surface area (Å²) in [4.78, 5) is 19.2. The van der Waals surface area contributed by atoms with E-state index in [2.05, 4.69) is 18.0 Å². The summed E-state index contributed by atoms with van der Waals surface area (Å²) in [5.41, 5.74) is 4.68. The van der Waals surface area contributed by atoms with Crippen LogP contribution >= 0.6 is 11.6 Å². The first-order valence-corrected chi connectivity index (χ1v) is 9.03. The molecular formula is C20H21ClN2O2. The Hall–Kier alpha value is -2.07. The topological polar surface area (TPSA) is 42.4 Å². The molecule has 0 aliphatic carbocycles. The zero-order valence-electron chi connectivity index (χ0n) is 14.7. The van der Waals surface area contributed by atoms with E-state index in [9.17, 15) is 4.79 Å². The lowest BCUT2D eigenvalue weighted by atomic mass is 9.97. The molecule has 2 aliphatic heterocycles. The summed E-state index contributed by atoms with van der Waals surface area (Å²) in [5.74, 6) is 0.571. The molecule has 5 heteroatoms. The van der Waals surface area contributed by atoms with Crippen molar-refractivity contribution in [1.29, 1.82) is 0 Å². The highest BCUT2D eigenvalue weighted by atomic mass is 35.5. The maximum atomic E-state index is 13.0. The van der Waals surface area contributed by atoms with Crippen molar-refractivity contribution in [2.24, 2.45) is 0 Å². The van der Waals surface area contributed by atoms with Crippen molar-refractivity contribution in [3.63, 3.8) is 0 Å². The van der Waals surface area contributed by atoms with Crippen molar-refractivity contribution >= 4 is 17.5 Å². The second-order valence-electron chi connectivity index (χ2n) is 7.12. The van der Waals surface area contributed by atoms with Gasteiger partial charge in [-0.2, -0.15) is 0 Å². The Bertz CT molecular complexity index is 848. The van der Waals surface area contributed by atoms with Crippen LogP contribution in [0.5, 0.6) is 5.75 Å². The summed E-state index contributed by atoms with van der Waals surface area (Å²) < 4.78 is 6.11. The Balaban J connectivity index is 1.77. The van der Waals surface area contributed by atoms with E-state index in [1.54, 1.807) is 0 Å². The van der Waals surface area contributed by atoms with Crippen molar-refractivity contribution in [3.05, 3.63) is 57.4 Å². The molecule has 0 N–H and O–H groups in total. The smallest absolute Gasteiger partial charge is 0.258 e. The van der Waals surface area contributed by atoms with Gasteiger partial charge in [0.15, 0.2) is 5.75 Å². The Labute approximate surface area is 152 Å². The van der Waals surface area contributed by atoms with Crippen molar-refractivity contribution in [1.82, 2.24) is 9.88 Å². The normalized spacial score (nSPS) is 21.8. The van der Waals surface area contributed by atoms with Crippen LogP contribution in [-0.2, 0) is 6.42 Å². The molecule has 1 amide bonds. The number of rotatable bonds is 2. The number of hydrogen-bond acceptors (Lipinski definition) is 3.